The van der Waals surface area contributed by atoms with Gasteiger partial charge < -0.3 is 10.1 Å². The molecule has 0 aliphatic carbocycles. The van der Waals surface area contributed by atoms with Gasteiger partial charge in [-0.15, -0.1) is 0 Å². The molecule has 1 N–H and O–H groups in total. The van der Waals surface area contributed by atoms with Crippen LogP contribution in [-0.2, 0) is 4.79 Å². The average molecular weight is 323 g/mol. The van der Waals surface area contributed by atoms with Gasteiger partial charge in [0.1, 0.15) is 5.75 Å². The number of rotatable bonds is 4. The van der Waals surface area contributed by atoms with E-state index in [0.717, 1.165) is 39.3 Å². The van der Waals surface area contributed by atoms with E-state index in [2.05, 4.69) is 24.4 Å². The topological polar surface area (TPSA) is 38.3 Å². The molecule has 24 heavy (non-hydrogen) atoms. The zero-order valence-electron chi connectivity index (χ0n) is 15.3. The number of amides is 1. The molecule has 2 aromatic rings. The largest absolute Gasteiger partial charge is 0.497 e. The van der Waals surface area contributed by atoms with Crippen LogP contribution in [0.4, 0.5) is 5.69 Å². The molecule has 3 nitrogen and oxygen atoms in total. The highest BCUT2D eigenvalue weighted by atomic mass is 16.5. The van der Waals surface area contributed by atoms with Crippen LogP contribution in [0.3, 0.4) is 0 Å². The van der Waals surface area contributed by atoms with Gasteiger partial charge in [0.05, 0.1) is 7.11 Å². The molecule has 2 rings (SSSR count). The summed E-state index contributed by atoms with van der Waals surface area (Å²) < 4.78 is 5.27. The molecule has 0 bridgehead atoms. The summed E-state index contributed by atoms with van der Waals surface area (Å²) in [5.74, 6) is 0.706. The minimum absolute atomic E-state index is 0.125. The van der Waals surface area contributed by atoms with Gasteiger partial charge in [0, 0.05) is 11.8 Å². The standard InChI is InChI=1S/C21H25NO2/c1-13-9-16(4)21(17(5)10-13)22-20(23)8-7-19-14(2)11-18(24-6)12-15(19)3/h7-12H,1-6H3,(H,22,23)/b8-7+. The Morgan fingerprint density at radius 1 is 0.917 bits per heavy atom. The first-order chi connectivity index (χ1) is 11.3. The van der Waals surface area contributed by atoms with E-state index in [9.17, 15) is 4.79 Å². The van der Waals surface area contributed by atoms with Gasteiger partial charge in [-0.2, -0.15) is 0 Å². The summed E-state index contributed by atoms with van der Waals surface area (Å²) >= 11 is 0. The van der Waals surface area contributed by atoms with Crippen LogP contribution in [0.1, 0.15) is 33.4 Å². The molecule has 0 radical (unpaired) electrons. The van der Waals surface area contributed by atoms with Gasteiger partial charge in [0.25, 0.3) is 0 Å². The van der Waals surface area contributed by atoms with E-state index in [1.54, 1.807) is 13.2 Å². The number of nitrogens with one attached hydrogen (secondary N) is 1. The molecule has 0 aliphatic heterocycles. The van der Waals surface area contributed by atoms with Crippen LogP contribution in [-0.4, -0.2) is 13.0 Å². The van der Waals surface area contributed by atoms with Gasteiger partial charge in [0.15, 0.2) is 0 Å². The zero-order chi connectivity index (χ0) is 17.9. The van der Waals surface area contributed by atoms with Crippen LogP contribution >= 0.6 is 0 Å². The molecule has 0 unspecified atom stereocenters. The SMILES string of the molecule is COc1cc(C)c(/C=C/C(=O)Nc2c(C)cc(C)cc2C)c(C)c1. The first-order valence-electron chi connectivity index (χ1n) is 8.04. The number of ether oxygens (including phenoxy) is 1. The van der Waals surface area contributed by atoms with E-state index < -0.39 is 0 Å². The maximum absolute atomic E-state index is 12.3. The molecule has 0 fully saturated rings. The zero-order valence-corrected chi connectivity index (χ0v) is 15.3. The minimum atomic E-state index is -0.125. The third-order valence-corrected chi connectivity index (χ3v) is 4.13. The lowest BCUT2D eigenvalue weighted by atomic mass is 10.0. The number of hydrogen-bond donors (Lipinski definition) is 1. The van der Waals surface area contributed by atoms with Crippen LogP contribution in [0.5, 0.6) is 5.75 Å². The van der Waals surface area contributed by atoms with Gasteiger partial charge in [-0.3, -0.25) is 4.79 Å². The second-order valence-corrected chi connectivity index (χ2v) is 6.27. The fourth-order valence-electron chi connectivity index (χ4n) is 3.02. The van der Waals surface area contributed by atoms with Crippen molar-refractivity contribution in [3.05, 3.63) is 63.7 Å². The number of benzene rings is 2. The van der Waals surface area contributed by atoms with Crippen molar-refractivity contribution in [2.24, 2.45) is 0 Å². The van der Waals surface area contributed by atoms with Crippen molar-refractivity contribution in [3.8, 4) is 5.75 Å². The van der Waals surface area contributed by atoms with Crippen molar-refractivity contribution in [2.45, 2.75) is 34.6 Å². The van der Waals surface area contributed by atoms with Crippen molar-refractivity contribution < 1.29 is 9.53 Å². The molecular weight excluding hydrogens is 298 g/mol. The Morgan fingerprint density at radius 3 is 1.96 bits per heavy atom. The summed E-state index contributed by atoms with van der Waals surface area (Å²) in [5.41, 5.74) is 7.44. The summed E-state index contributed by atoms with van der Waals surface area (Å²) in [7, 11) is 1.66. The van der Waals surface area contributed by atoms with E-state index >= 15 is 0 Å². The normalized spacial score (nSPS) is 10.9. The molecule has 1 amide bonds. The average Bonchev–Trinajstić information content (AvgIpc) is 2.49. The molecule has 3 heteroatoms. The quantitative estimate of drug-likeness (QED) is 0.814. The fourth-order valence-corrected chi connectivity index (χ4v) is 3.02. The highest BCUT2D eigenvalue weighted by Crippen LogP contribution is 2.24. The Bertz CT molecular complexity index is 757. The number of hydrogen-bond acceptors (Lipinski definition) is 2. The van der Waals surface area contributed by atoms with Crippen LogP contribution in [0.2, 0.25) is 0 Å². The van der Waals surface area contributed by atoms with Crippen LogP contribution < -0.4 is 10.1 Å². The molecule has 0 saturated carbocycles. The number of carbonyl (C=O) groups excluding carboxylic acids is 1. The Kier molecular flexibility index (Phi) is 5.45. The smallest absolute Gasteiger partial charge is 0.248 e. The van der Waals surface area contributed by atoms with Gasteiger partial charge in [-0.05, 0) is 80.6 Å². The lowest BCUT2D eigenvalue weighted by molar-refractivity contribution is -0.111. The molecule has 0 atom stereocenters. The Labute approximate surface area is 144 Å². The second-order valence-electron chi connectivity index (χ2n) is 6.27. The Balaban J connectivity index is 2.20. The fraction of sp³-hybridized carbons (Fsp3) is 0.286. The Morgan fingerprint density at radius 2 is 1.46 bits per heavy atom. The van der Waals surface area contributed by atoms with Crippen molar-refractivity contribution in [1.29, 1.82) is 0 Å². The van der Waals surface area contributed by atoms with Crippen molar-refractivity contribution in [1.82, 2.24) is 0 Å². The van der Waals surface area contributed by atoms with Gasteiger partial charge in [-0.1, -0.05) is 17.7 Å². The van der Waals surface area contributed by atoms with Crippen molar-refractivity contribution in [3.63, 3.8) is 0 Å². The van der Waals surface area contributed by atoms with E-state index in [1.165, 1.54) is 5.56 Å². The second kappa shape index (κ2) is 7.35. The minimum Gasteiger partial charge on any atom is -0.497 e. The predicted molar refractivity (Wildman–Crippen MR) is 101 cm³/mol. The summed E-state index contributed by atoms with van der Waals surface area (Å²) in [6.07, 6.45) is 3.44. The maximum Gasteiger partial charge on any atom is 0.248 e. The molecule has 0 aliphatic rings. The van der Waals surface area contributed by atoms with Crippen molar-refractivity contribution >= 4 is 17.7 Å². The predicted octanol–water partition coefficient (Wildman–Crippen LogP) is 4.89. The van der Waals surface area contributed by atoms with Crippen molar-refractivity contribution in [2.75, 3.05) is 12.4 Å². The lowest BCUT2D eigenvalue weighted by Gasteiger charge is -2.12. The molecule has 126 valence electrons. The highest BCUT2D eigenvalue weighted by Gasteiger charge is 2.07. The molecule has 0 saturated heterocycles. The number of anilines is 1. The molecular formula is C21H25NO2. The van der Waals surface area contributed by atoms with Gasteiger partial charge in [-0.25, -0.2) is 0 Å². The van der Waals surface area contributed by atoms with Crippen LogP contribution in [0, 0.1) is 34.6 Å². The molecule has 0 spiro atoms. The summed E-state index contributed by atoms with van der Waals surface area (Å²) in [5, 5.41) is 2.99. The molecule has 2 aromatic carbocycles. The lowest BCUT2D eigenvalue weighted by Crippen LogP contribution is -2.10. The van der Waals surface area contributed by atoms with E-state index in [-0.39, 0.29) is 5.91 Å². The first-order valence-corrected chi connectivity index (χ1v) is 8.04. The van der Waals surface area contributed by atoms with Gasteiger partial charge in [0.2, 0.25) is 5.91 Å². The summed E-state index contributed by atoms with van der Waals surface area (Å²) in [6, 6.07) is 8.09. The van der Waals surface area contributed by atoms with Crippen LogP contribution in [0.25, 0.3) is 6.08 Å². The highest BCUT2D eigenvalue weighted by molar-refractivity contribution is 6.03. The molecule has 0 heterocycles. The number of aryl methyl sites for hydroxylation is 5. The third-order valence-electron chi connectivity index (χ3n) is 4.13. The monoisotopic (exact) mass is 323 g/mol. The first kappa shape index (κ1) is 17.8. The van der Waals surface area contributed by atoms with E-state index in [4.69, 9.17) is 4.74 Å². The Hall–Kier alpha value is -2.55. The molecule has 0 aromatic heterocycles. The van der Waals surface area contributed by atoms with Crippen LogP contribution in [0.15, 0.2) is 30.3 Å². The number of carbonyl (C=O) groups is 1. The van der Waals surface area contributed by atoms with E-state index in [1.807, 2.05) is 45.9 Å². The van der Waals surface area contributed by atoms with Gasteiger partial charge >= 0.3 is 0 Å². The number of methoxy groups -OCH3 is 1. The maximum atomic E-state index is 12.3. The summed E-state index contributed by atoms with van der Waals surface area (Å²) in [6.45, 7) is 10.1. The summed E-state index contributed by atoms with van der Waals surface area (Å²) in [4.78, 5) is 12.3. The third kappa shape index (κ3) is 4.05. The van der Waals surface area contributed by atoms with E-state index in [0.29, 0.717) is 0 Å².